The summed E-state index contributed by atoms with van der Waals surface area (Å²) in [5.74, 6) is -0.733. The number of hydrogen-bond acceptors (Lipinski definition) is 2. The molecule has 0 spiro atoms. The van der Waals surface area contributed by atoms with Gasteiger partial charge in [-0.3, -0.25) is 9.59 Å². The van der Waals surface area contributed by atoms with E-state index in [0.717, 1.165) is 11.1 Å². The number of anilines is 1. The minimum atomic E-state index is -0.503. The molecule has 3 aromatic carbocycles. The van der Waals surface area contributed by atoms with Gasteiger partial charge in [0.05, 0.1) is 0 Å². The first kappa shape index (κ1) is 17.2. The van der Waals surface area contributed by atoms with E-state index in [2.05, 4.69) is 5.32 Å². The molecule has 0 fully saturated rings. The highest BCUT2D eigenvalue weighted by atomic mass is 16.2. The highest BCUT2D eigenvalue weighted by Crippen LogP contribution is 2.21. The molecule has 128 valence electrons. The molecule has 0 aliphatic rings. The first-order chi connectivity index (χ1) is 12.6. The van der Waals surface area contributed by atoms with Crippen LogP contribution in [0.5, 0.6) is 0 Å². The first-order valence-electron chi connectivity index (χ1n) is 8.17. The van der Waals surface area contributed by atoms with Crippen LogP contribution in [-0.4, -0.2) is 11.8 Å². The third-order valence-corrected chi connectivity index (χ3v) is 3.87. The Bertz CT molecular complexity index is 931. The van der Waals surface area contributed by atoms with E-state index in [-0.39, 0.29) is 5.91 Å². The van der Waals surface area contributed by atoms with Crippen molar-refractivity contribution in [2.75, 3.05) is 5.32 Å². The van der Waals surface area contributed by atoms with Crippen LogP contribution in [0.15, 0.2) is 84.9 Å². The van der Waals surface area contributed by atoms with Crippen LogP contribution in [0, 0.1) is 0 Å². The Balaban J connectivity index is 1.90. The van der Waals surface area contributed by atoms with Crippen molar-refractivity contribution in [2.45, 2.75) is 0 Å². The molecule has 26 heavy (non-hydrogen) atoms. The molecule has 0 aromatic heterocycles. The average molecular weight is 342 g/mol. The predicted octanol–water partition coefficient (Wildman–Crippen LogP) is 3.96. The lowest BCUT2D eigenvalue weighted by Crippen LogP contribution is -2.14. The number of amides is 2. The summed E-state index contributed by atoms with van der Waals surface area (Å²) in [6, 6.07) is 25.6. The van der Waals surface area contributed by atoms with Crippen molar-refractivity contribution in [1.82, 2.24) is 0 Å². The third-order valence-electron chi connectivity index (χ3n) is 3.87. The number of carbonyl (C=O) groups excluding carboxylic acids is 2. The lowest BCUT2D eigenvalue weighted by atomic mass is 10.0. The van der Waals surface area contributed by atoms with Crippen molar-refractivity contribution >= 4 is 29.2 Å². The van der Waals surface area contributed by atoms with Crippen LogP contribution < -0.4 is 11.1 Å². The van der Waals surface area contributed by atoms with Gasteiger partial charge >= 0.3 is 0 Å². The monoisotopic (exact) mass is 342 g/mol. The molecule has 3 rings (SSSR count). The average Bonchev–Trinajstić information content (AvgIpc) is 2.68. The van der Waals surface area contributed by atoms with Gasteiger partial charge in [-0.05, 0) is 41.5 Å². The smallest absolute Gasteiger partial charge is 0.256 e. The molecule has 3 aromatic rings. The topological polar surface area (TPSA) is 72.2 Å². The zero-order valence-corrected chi connectivity index (χ0v) is 14.1. The van der Waals surface area contributed by atoms with Gasteiger partial charge < -0.3 is 11.1 Å². The number of nitrogens with two attached hydrogens (primary N) is 1. The van der Waals surface area contributed by atoms with Crippen LogP contribution in [0.25, 0.3) is 11.6 Å². The molecule has 0 aliphatic carbocycles. The minimum Gasteiger partial charge on any atom is -0.366 e. The lowest BCUT2D eigenvalue weighted by molar-refractivity contribution is -0.111. The normalized spacial score (nSPS) is 11.0. The Morgan fingerprint density at radius 3 is 1.88 bits per heavy atom. The van der Waals surface area contributed by atoms with Crippen molar-refractivity contribution < 1.29 is 9.59 Å². The van der Waals surface area contributed by atoms with E-state index >= 15 is 0 Å². The summed E-state index contributed by atoms with van der Waals surface area (Å²) in [5.41, 5.74) is 8.54. The summed E-state index contributed by atoms with van der Waals surface area (Å²) in [4.78, 5) is 24.0. The van der Waals surface area contributed by atoms with Crippen molar-refractivity contribution in [3.8, 4) is 0 Å². The molecule has 3 N–H and O–H groups in total. The van der Waals surface area contributed by atoms with Gasteiger partial charge in [0, 0.05) is 16.8 Å². The highest BCUT2D eigenvalue weighted by Gasteiger charge is 2.12. The molecule has 0 bridgehead atoms. The summed E-state index contributed by atoms with van der Waals surface area (Å²) in [6.45, 7) is 0. The quantitative estimate of drug-likeness (QED) is 0.544. The fraction of sp³-hybridized carbons (Fsp3) is 0. The second-order valence-corrected chi connectivity index (χ2v) is 5.73. The van der Waals surface area contributed by atoms with Crippen LogP contribution in [0.1, 0.15) is 21.5 Å². The maximum Gasteiger partial charge on any atom is 0.256 e. The number of hydrogen-bond donors (Lipinski definition) is 2. The van der Waals surface area contributed by atoms with E-state index in [1.165, 1.54) is 0 Å². The molecule has 0 saturated carbocycles. The van der Waals surface area contributed by atoms with E-state index in [1.54, 1.807) is 24.3 Å². The first-order valence-corrected chi connectivity index (χ1v) is 8.17. The second kappa shape index (κ2) is 7.94. The Morgan fingerprint density at radius 2 is 1.31 bits per heavy atom. The Kier molecular flexibility index (Phi) is 5.25. The SMILES string of the molecule is NC(=O)c1ccc(NC(=O)/C(=C/c2ccccc2)c2ccccc2)cc1. The van der Waals surface area contributed by atoms with Crippen LogP contribution in [0.4, 0.5) is 5.69 Å². The van der Waals surface area contributed by atoms with Gasteiger partial charge in [0.15, 0.2) is 0 Å². The zero-order valence-electron chi connectivity index (χ0n) is 14.1. The maximum absolute atomic E-state index is 12.9. The van der Waals surface area contributed by atoms with E-state index in [0.29, 0.717) is 16.8 Å². The number of rotatable bonds is 5. The van der Waals surface area contributed by atoms with Gasteiger partial charge in [0.1, 0.15) is 0 Å². The number of nitrogens with one attached hydrogen (secondary N) is 1. The van der Waals surface area contributed by atoms with Crippen LogP contribution in [0.2, 0.25) is 0 Å². The molecule has 0 saturated heterocycles. The van der Waals surface area contributed by atoms with E-state index in [9.17, 15) is 9.59 Å². The number of benzene rings is 3. The summed E-state index contributed by atoms with van der Waals surface area (Å²) >= 11 is 0. The molecule has 2 amide bonds. The van der Waals surface area contributed by atoms with Gasteiger partial charge in [0.2, 0.25) is 5.91 Å². The van der Waals surface area contributed by atoms with Crippen LogP contribution in [-0.2, 0) is 4.79 Å². The zero-order chi connectivity index (χ0) is 18.4. The van der Waals surface area contributed by atoms with Gasteiger partial charge in [-0.2, -0.15) is 0 Å². The standard InChI is InChI=1S/C22H18N2O2/c23-21(25)18-11-13-19(14-12-18)24-22(26)20(17-9-5-2-6-10-17)15-16-7-3-1-4-8-16/h1-15H,(H2,23,25)(H,24,26)/b20-15+. The van der Waals surface area contributed by atoms with Crippen molar-refractivity contribution in [1.29, 1.82) is 0 Å². The highest BCUT2D eigenvalue weighted by molar-refractivity contribution is 6.29. The second-order valence-electron chi connectivity index (χ2n) is 5.73. The lowest BCUT2D eigenvalue weighted by Gasteiger charge is -2.10. The molecular weight excluding hydrogens is 324 g/mol. The molecular formula is C22H18N2O2. The Labute approximate surface area is 152 Å². The van der Waals surface area contributed by atoms with Gasteiger partial charge in [0.25, 0.3) is 5.91 Å². The van der Waals surface area contributed by atoms with Crippen molar-refractivity contribution in [3.05, 3.63) is 102 Å². The molecule has 4 nitrogen and oxygen atoms in total. The van der Waals surface area contributed by atoms with E-state index in [1.807, 2.05) is 66.7 Å². The summed E-state index contributed by atoms with van der Waals surface area (Å²) in [6.07, 6.45) is 1.85. The van der Waals surface area contributed by atoms with Crippen molar-refractivity contribution in [3.63, 3.8) is 0 Å². The van der Waals surface area contributed by atoms with Gasteiger partial charge in [-0.15, -0.1) is 0 Å². The largest absolute Gasteiger partial charge is 0.366 e. The minimum absolute atomic E-state index is 0.230. The number of primary amides is 1. The fourth-order valence-corrected chi connectivity index (χ4v) is 2.53. The predicted molar refractivity (Wildman–Crippen MR) is 104 cm³/mol. The molecule has 0 atom stereocenters. The molecule has 0 unspecified atom stereocenters. The van der Waals surface area contributed by atoms with Crippen molar-refractivity contribution in [2.24, 2.45) is 5.73 Å². The molecule has 0 radical (unpaired) electrons. The van der Waals surface area contributed by atoms with E-state index in [4.69, 9.17) is 5.73 Å². The Morgan fingerprint density at radius 1 is 0.731 bits per heavy atom. The van der Waals surface area contributed by atoms with E-state index < -0.39 is 5.91 Å². The molecule has 0 heterocycles. The number of carbonyl (C=O) groups is 2. The maximum atomic E-state index is 12.9. The summed E-state index contributed by atoms with van der Waals surface area (Å²) < 4.78 is 0. The molecule has 0 aliphatic heterocycles. The Hall–Kier alpha value is -3.66. The van der Waals surface area contributed by atoms with Gasteiger partial charge in [-0.25, -0.2) is 0 Å². The van der Waals surface area contributed by atoms with Crippen LogP contribution in [0.3, 0.4) is 0 Å². The molecule has 4 heteroatoms. The van der Waals surface area contributed by atoms with Crippen LogP contribution >= 0.6 is 0 Å². The summed E-state index contributed by atoms with van der Waals surface area (Å²) in [5, 5.41) is 2.87. The fourth-order valence-electron chi connectivity index (χ4n) is 2.53. The van der Waals surface area contributed by atoms with Gasteiger partial charge in [-0.1, -0.05) is 60.7 Å². The third kappa shape index (κ3) is 4.24. The summed E-state index contributed by atoms with van der Waals surface area (Å²) in [7, 11) is 0.